The number of hydrogen-bond acceptors (Lipinski definition) is 5. The lowest BCUT2D eigenvalue weighted by Crippen LogP contribution is -2.42. The molecule has 1 N–H and O–H groups in total. The minimum Gasteiger partial charge on any atom is -0.361 e. The number of aromatic nitrogens is 4. The van der Waals surface area contributed by atoms with Crippen molar-refractivity contribution < 1.29 is 9.32 Å². The number of urea groups is 1. The first-order chi connectivity index (χ1) is 15.4. The lowest BCUT2D eigenvalue weighted by atomic mass is 10.0. The third kappa shape index (κ3) is 4.37. The Morgan fingerprint density at radius 2 is 2.00 bits per heavy atom. The number of aryl methyl sites for hydroxylation is 3. The molecule has 1 aromatic carbocycles. The molecule has 3 heterocycles. The van der Waals surface area contributed by atoms with E-state index in [2.05, 4.69) is 25.2 Å². The summed E-state index contributed by atoms with van der Waals surface area (Å²) in [6, 6.07) is 7.39. The van der Waals surface area contributed by atoms with Gasteiger partial charge in [0.2, 0.25) is 0 Å². The lowest BCUT2D eigenvalue weighted by molar-refractivity contribution is 0.185. The van der Waals surface area contributed by atoms with Crippen LogP contribution in [-0.4, -0.2) is 37.4 Å². The highest BCUT2D eigenvalue weighted by Gasteiger charge is 2.35. The minimum atomic E-state index is -0.149. The van der Waals surface area contributed by atoms with Gasteiger partial charge in [0.25, 0.3) is 0 Å². The molecule has 0 spiro atoms. The maximum atomic E-state index is 13.3. The van der Waals surface area contributed by atoms with Crippen LogP contribution in [0.3, 0.4) is 0 Å². The number of likely N-dealkylation sites (tertiary alicyclic amines) is 1. The molecule has 0 unspecified atom stereocenters. The van der Waals surface area contributed by atoms with E-state index in [-0.39, 0.29) is 18.1 Å². The van der Waals surface area contributed by atoms with Crippen molar-refractivity contribution in [3.05, 3.63) is 63.5 Å². The van der Waals surface area contributed by atoms with E-state index in [1.54, 1.807) is 0 Å². The van der Waals surface area contributed by atoms with E-state index in [1.807, 2.05) is 56.9 Å². The van der Waals surface area contributed by atoms with Crippen molar-refractivity contribution in [3.8, 4) is 0 Å². The van der Waals surface area contributed by atoms with Crippen molar-refractivity contribution in [2.45, 2.75) is 65.6 Å². The zero-order chi connectivity index (χ0) is 22.8. The quantitative estimate of drug-likeness (QED) is 0.570. The number of nitrogens with zero attached hydrogens (tertiary/aromatic N) is 5. The minimum absolute atomic E-state index is 0.0990. The van der Waals surface area contributed by atoms with Gasteiger partial charge in [-0.15, -0.1) is 10.2 Å². The second-order valence-electron chi connectivity index (χ2n) is 8.32. The zero-order valence-corrected chi connectivity index (χ0v) is 19.7. The Morgan fingerprint density at radius 1 is 1.25 bits per heavy atom. The SMILES string of the molecule is CC[C@H](NC(=O)N1CCC[C@@H]1c1nnc(C)n1Cc1ccc(Cl)cc1)c1c(C)noc1C. The Labute approximate surface area is 192 Å². The summed E-state index contributed by atoms with van der Waals surface area (Å²) in [7, 11) is 0. The largest absolute Gasteiger partial charge is 0.361 e. The fourth-order valence-electron chi connectivity index (χ4n) is 4.49. The molecule has 1 aliphatic heterocycles. The van der Waals surface area contributed by atoms with Gasteiger partial charge in [-0.3, -0.25) is 0 Å². The molecule has 2 atom stereocenters. The van der Waals surface area contributed by atoms with Crippen LogP contribution in [0, 0.1) is 20.8 Å². The summed E-state index contributed by atoms with van der Waals surface area (Å²) in [5, 5.41) is 16.7. The number of carbonyl (C=O) groups is 1. The first-order valence-electron chi connectivity index (χ1n) is 11.0. The Balaban J connectivity index is 1.55. The maximum Gasteiger partial charge on any atom is 0.318 e. The fourth-order valence-corrected chi connectivity index (χ4v) is 4.61. The monoisotopic (exact) mass is 456 g/mol. The highest BCUT2D eigenvalue weighted by Crippen LogP contribution is 2.33. The molecule has 1 saturated heterocycles. The summed E-state index contributed by atoms with van der Waals surface area (Å²) in [6.07, 6.45) is 2.53. The Hall–Kier alpha value is -2.87. The average Bonchev–Trinajstić information content (AvgIpc) is 3.48. The third-order valence-corrected chi connectivity index (χ3v) is 6.42. The fraction of sp³-hybridized carbons (Fsp3) is 0.478. The van der Waals surface area contributed by atoms with Gasteiger partial charge in [-0.1, -0.05) is 35.8 Å². The summed E-state index contributed by atoms with van der Waals surface area (Å²) >= 11 is 6.03. The van der Waals surface area contributed by atoms with Crippen LogP contribution in [0.4, 0.5) is 4.79 Å². The molecule has 1 aliphatic rings. The summed E-state index contributed by atoms with van der Waals surface area (Å²) < 4.78 is 7.40. The second-order valence-corrected chi connectivity index (χ2v) is 8.75. The number of nitrogens with one attached hydrogen (secondary N) is 1. The average molecular weight is 457 g/mol. The number of benzene rings is 1. The van der Waals surface area contributed by atoms with Crippen molar-refractivity contribution in [2.75, 3.05) is 6.54 Å². The van der Waals surface area contributed by atoms with E-state index in [1.165, 1.54) is 0 Å². The van der Waals surface area contributed by atoms with E-state index < -0.39 is 0 Å². The number of halogens is 1. The predicted octanol–water partition coefficient (Wildman–Crippen LogP) is 4.89. The zero-order valence-electron chi connectivity index (χ0n) is 18.9. The smallest absolute Gasteiger partial charge is 0.318 e. The van der Waals surface area contributed by atoms with Gasteiger partial charge in [0.1, 0.15) is 11.6 Å². The van der Waals surface area contributed by atoms with Crippen LogP contribution < -0.4 is 5.32 Å². The van der Waals surface area contributed by atoms with Gasteiger partial charge in [-0.05, 0) is 57.7 Å². The van der Waals surface area contributed by atoms with Crippen LogP contribution in [0.5, 0.6) is 0 Å². The van der Waals surface area contributed by atoms with Crippen LogP contribution >= 0.6 is 11.6 Å². The molecule has 0 bridgehead atoms. The summed E-state index contributed by atoms with van der Waals surface area (Å²) in [5.41, 5.74) is 2.88. The van der Waals surface area contributed by atoms with Crippen molar-refractivity contribution in [2.24, 2.45) is 0 Å². The molecular weight excluding hydrogens is 428 g/mol. The standard InChI is InChI=1S/C23H29ClN6O2/c1-5-19(21-14(2)28-32-15(21)3)25-23(31)29-12-6-7-20(29)22-27-26-16(4)30(22)13-17-8-10-18(24)11-9-17/h8-11,19-20H,5-7,12-13H2,1-4H3,(H,25,31)/t19-,20+/m0/s1. The molecule has 170 valence electrons. The van der Waals surface area contributed by atoms with Crippen LogP contribution in [0.25, 0.3) is 0 Å². The molecule has 1 fully saturated rings. The first kappa shape index (κ1) is 22.3. The summed E-state index contributed by atoms with van der Waals surface area (Å²) in [4.78, 5) is 15.2. The molecule has 4 rings (SSSR count). The Bertz CT molecular complexity index is 1070. The molecule has 2 aromatic heterocycles. The van der Waals surface area contributed by atoms with Crippen LogP contribution in [0.2, 0.25) is 5.02 Å². The van der Waals surface area contributed by atoms with Gasteiger partial charge in [0.05, 0.1) is 24.3 Å². The van der Waals surface area contributed by atoms with E-state index in [9.17, 15) is 4.79 Å². The number of hydrogen-bond donors (Lipinski definition) is 1. The van der Waals surface area contributed by atoms with Crippen molar-refractivity contribution in [1.29, 1.82) is 0 Å². The summed E-state index contributed by atoms with van der Waals surface area (Å²) in [6.45, 7) is 9.09. The van der Waals surface area contributed by atoms with Gasteiger partial charge in [-0.25, -0.2) is 4.79 Å². The van der Waals surface area contributed by atoms with Crippen LogP contribution in [-0.2, 0) is 6.54 Å². The number of rotatable bonds is 6. The van der Waals surface area contributed by atoms with Crippen LogP contribution in [0.15, 0.2) is 28.8 Å². The summed E-state index contributed by atoms with van der Waals surface area (Å²) in [5.74, 6) is 2.38. The third-order valence-electron chi connectivity index (χ3n) is 6.17. The normalized spacial score (nSPS) is 17.0. The topological polar surface area (TPSA) is 89.1 Å². The van der Waals surface area contributed by atoms with E-state index in [4.69, 9.17) is 16.1 Å². The maximum absolute atomic E-state index is 13.3. The highest BCUT2D eigenvalue weighted by molar-refractivity contribution is 6.30. The molecule has 0 saturated carbocycles. The predicted molar refractivity (Wildman–Crippen MR) is 122 cm³/mol. The molecule has 2 amide bonds. The molecule has 8 nitrogen and oxygen atoms in total. The Kier molecular flexibility index (Phi) is 6.50. The second kappa shape index (κ2) is 9.32. The van der Waals surface area contributed by atoms with Crippen molar-refractivity contribution >= 4 is 17.6 Å². The van der Waals surface area contributed by atoms with Gasteiger partial charge in [-0.2, -0.15) is 0 Å². The van der Waals surface area contributed by atoms with Gasteiger partial charge >= 0.3 is 6.03 Å². The first-order valence-corrected chi connectivity index (χ1v) is 11.4. The molecular formula is C23H29ClN6O2. The molecule has 32 heavy (non-hydrogen) atoms. The van der Waals surface area contributed by atoms with E-state index in [0.717, 1.165) is 53.5 Å². The Morgan fingerprint density at radius 3 is 2.66 bits per heavy atom. The van der Waals surface area contributed by atoms with Gasteiger partial charge in [0, 0.05) is 17.1 Å². The van der Waals surface area contributed by atoms with Crippen LogP contribution in [0.1, 0.15) is 72.5 Å². The molecule has 9 heteroatoms. The van der Waals surface area contributed by atoms with E-state index in [0.29, 0.717) is 18.1 Å². The molecule has 0 aliphatic carbocycles. The van der Waals surface area contributed by atoms with Gasteiger partial charge < -0.3 is 19.3 Å². The van der Waals surface area contributed by atoms with Gasteiger partial charge in [0.15, 0.2) is 5.82 Å². The lowest BCUT2D eigenvalue weighted by Gasteiger charge is -2.27. The highest BCUT2D eigenvalue weighted by atomic mass is 35.5. The molecule has 3 aromatic rings. The number of carbonyl (C=O) groups excluding carboxylic acids is 1. The van der Waals surface area contributed by atoms with Crippen molar-refractivity contribution in [1.82, 2.24) is 30.1 Å². The van der Waals surface area contributed by atoms with Crippen molar-refractivity contribution in [3.63, 3.8) is 0 Å². The van der Waals surface area contributed by atoms with E-state index >= 15 is 0 Å². The number of amides is 2. The molecule has 0 radical (unpaired) electrons.